The molecule has 0 radical (unpaired) electrons. The van der Waals surface area contributed by atoms with Crippen molar-refractivity contribution in [2.24, 2.45) is 0 Å². The van der Waals surface area contributed by atoms with Crippen LogP contribution in [-0.2, 0) is 9.53 Å². The fourth-order valence-electron chi connectivity index (χ4n) is 3.54. The summed E-state index contributed by atoms with van der Waals surface area (Å²) in [5, 5.41) is 2.65. The first-order valence-electron chi connectivity index (χ1n) is 9.32. The van der Waals surface area contributed by atoms with E-state index in [1.54, 1.807) is 0 Å². The van der Waals surface area contributed by atoms with E-state index in [1.807, 2.05) is 30.6 Å². The van der Waals surface area contributed by atoms with Crippen LogP contribution in [0.1, 0.15) is 5.56 Å². The molecule has 8 heteroatoms. The number of thiocarbonyl (C=S) groups is 1. The van der Waals surface area contributed by atoms with Gasteiger partial charge in [-0.2, -0.15) is 0 Å². The zero-order valence-corrected chi connectivity index (χ0v) is 17.1. The lowest BCUT2D eigenvalue weighted by Crippen LogP contribution is -2.36. The topological polar surface area (TPSA) is 59.4 Å². The highest BCUT2D eigenvalue weighted by Gasteiger charge is 2.22. The van der Waals surface area contributed by atoms with E-state index in [0.29, 0.717) is 9.23 Å². The van der Waals surface area contributed by atoms with Gasteiger partial charge in [0.1, 0.15) is 10.6 Å². The number of hydrogen-bond acceptors (Lipinski definition) is 6. The Labute approximate surface area is 177 Å². The van der Waals surface area contributed by atoms with Gasteiger partial charge in [-0.25, -0.2) is 4.98 Å². The predicted molar refractivity (Wildman–Crippen MR) is 120 cm³/mol. The van der Waals surface area contributed by atoms with E-state index in [1.165, 1.54) is 17.4 Å². The van der Waals surface area contributed by atoms with Crippen molar-refractivity contribution in [1.82, 2.24) is 14.9 Å². The number of nitrogens with one attached hydrogen (secondary N) is 1. The summed E-state index contributed by atoms with van der Waals surface area (Å²) in [6.45, 7) is 3.38. The predicted octanol–water partition coefficient (Wildman–Crippen LogP) is 3.35. The number of imidazole rings is 1. The van der Waals surface area contributed by atoms with Crippen molar-refractivity contribution in [2.45, 2.75) is 0 Å². The zero-order valence-electron chi connectivity index (χ0n) is 15.5. The summed E-state index contributed by atoms with van der Waals surface area (Å²) in [6, 6.07) is 14.5. The lowest BCUT2D eigenvalue weighted by molar-refractivity contribution is -0.115. The average molecular weight is 423 g/mol. The smallest absolute Gasteiger partial charge is 0.263 e. The van der Waals surface area contributed by atoms with E-state index in [2.05, 4.69) is 44.0 Å². The van der Waals surface area contributed by atoms with Crippen LogP contribution in [0.25, 0.3) is 22.8 Å². The molecule has 146 valence electrons. The van der Waals surface area contributed by atoms with Gasteiger partial charge < -0.3 is 15.0 Å². The zero-order chi connectivity index (χ0) is 19.8. The minimum Gasteiger partial charge on any atom is -0.378 e. The highest BCUT2D eigenvalue weighted by atomic mass is 32.2. The Morgan fingerprint density at radius 2 is 1.86 bits per heavy atom. The van der Waals surface area contributed by atoms with E-state index >= 15 is 0 Å². The molecule has 1 amide bonds. The van der Waals surface area contributed by atoms with Crippen LogP contribution in [0.4, 0.5) is 5.69 Å². The van der Waals surface area contributed by atoms with Crippen LogP contribution in [0.5, 0.6) is 0 Å². The largest absolute Gasteiger partial charge is 0.378 e. The molecule has 2 aliphatic rings. The maximum atomic E-state index is 11.9. The average Bonchev–Trinajstić information content (AvgIpc) is 3.31. The summed E-state index contributed by atoms with van der Waals surface area (Å²) < 4.78 is 7.99. The molecule has 1 N–H and O–H groups in total. The van der Waals surface area contributed by atoms with Crippen LogP contribution in [0, 0.1) is 0 Å². The Balaban J connectivity index is 1.46. The van der Waals surface area contributed by atoms with Crippen molar-refractivity contribution >= 4 is 57.0 Å². The Kier molecular flexibility index (Phi) is 4.83. The number of carbonyl (C=O) groups is 1. The number of carbonyl (C=O) groups excluding carboxylic acids is 1. The number of benzene rings is 2. The van der Waals surface area contributed by atoms with Gasteiger partial charge >= 0.3 is 0 Å². The summed E-state index contributed by atoms with van der Waals surface area (Å²) in [5.74, 6) is -0.146. The van der Waals surface area contributed by atoms with Crippen molar-refractivity contribution < 1.29 is 9.53 Å². The summed E-state index contributed by atoms with van der Waals surface area (Å²) in [5.41, 5.74) is 5.08. The second-order valence-electron chi connectivity index (χ2n) is 6.83. The monoisotopic (exact) mass is 422 g/mol. The van der Waals surface area contributed by atoms with Gasteiger partial charge in [-0.05, 0) is 48.0 Å². The Morgan fingerprint density at radius 1 is 1.10 bits per heavy atom. The molecule has 5 rings (SSSR count). The Hall–Kier alpha value is -2.68. The fraction of sp³-hybridized carbons (Fsp3) is 0.190. The van der Waals surface area contributed by atoms with Gasteiger partial charge in [-0.3, -0.25) is 9.36 Å². The van der Waals surface area contributed by atoms with E-state index in [-0.39, 0.29) is 5.91 Å². The van der Waals surface area contributed by atoms with Gasteiger partial charge in [0.25, 0.3) is 5.91 Å². The van der Waals surface area contributed by atoms with Crippen molar-refractivity contribution in [2.75, 3.05) is 31.2 Å². The molecule has 0 saturated carbocycles. The molecule has 29 heavy (non-hydrogen) atoms. The Bertz CT molecular complexity index is 1130. The first-order chi connectivity index (χ1) is 14.2. The van der Waals surface area contributed by atoms with Gasteiger partial charge in [-0.1, -0.05) is 30.0 Å². The SMILES string of the molecule is O=C1NC(=S)SC1=Cc1ccc2ncn(-c3ccc(N4CCOCC4)cc3)c2c1. The third kappa shape index (κ3) is 3.66. The number of thioether (sulfide) groups is 1. The van der Waals surface area contributed by atoms with Crippen LogP contribution in [0.15, 0.2) is 53.7 Å². The third-order valence-electron chi connectivity index (χ3n) is 5.02. The van der Waals surface area contributed by atoms with E-state index in [0.717, 1.165) is 48.6 Å². The number of ether oxygens (including phenoxy) is 1. The van der Waals surface area contributed by atoms with Crippen LogP contribution in [0.2, 0.25) is 0 Å². The maximum absolute atomic E-state index is 11.9. The maximum Gasteiger partial charge on any atom is 0.263 e. The first kappa shape index (κ1) is 18.4. The van der Waals surface area contributed by atoms with Crippen LogP contribution in [0.3, 0.4) is 0 Å². The van der Waals surface area contributed by atoms with Gasteiger partial charge in [0.15, 0.2) is 0 Å². The summed E-state index contributed by atoms with van der Waals surface area (Å²) in [4.78, 5) is 19.4. The van der Waals surface area contributed by atoms with E-state index in [4.69, 9.17) is 17.0 Å². The van der Waals surface area contributed by atoms with Gasteiger partial charge in [0.2, 0.25) is 0 Å². The van der Waals surface area contributed by atoms with Crippen molar-refractivity contribution in [3.05, 3.63) is 59.3 Å². The molecule has 1 aromatic heterocycles. The first-order valence-corrected chi connectivity index (χ1v) is 10.5. The van der Waals surface area contributed by atoms with Crippen molar-refractivity contribution in [3.63, 3.8) is 0 Å². The molecule has 2 saturated heterocycles. The molecule has 3 aromatic rings. The van der Waals surface area contributed by atoms with Gasteiger partial charge in [0, 0.05) is 24.5 Å². The highest BCUT2D eigenvalue weighted by molar-refractivity contribution is 8.26. The number of morpholine rings is 1. The highest BCUT2D eigenvalue weighted by Crippen LogP contribution is 2.28. The third-order valence-corrected chi connectivity index (χ3v) is 6.18. The summed E-state index contributed by atoms with van der Waals surface area (Å²) in [6.07, 6.45) is 3.69. The molecule has 0 bridgehead atoms. The lowest BCUT2D eigenvalue weighted by atomic mass is 10.1. The van der Waals surface area contributed by atoms with Crippen LogP contribution < -0.4 is 10.2 Å². The lowest BCUT2D eigenvalue weighted by Gasteiger charge is -2.28. The van der Waals surface area contributed by atoms with Crippen LogP contribution >= 0.6 is 24.0 Å². The molecule has 6 nitrogen and oxygen atoms in total. The molecule has 2 aromatic carbocycles. The van der Waals surface area contributed by atoms with E-state index in [9.17, 15) is 4.79 Å². The van der Waals surface area contributed by atoms with Gasteiger partial charge in [-0.15, -0.1) is 0 Å². The number of hydrogen-bond donors (Lipinski definition) is 1. The normalized spacial score (nSPS) is 18.6. The molecular formula is C21H18N4O2S2. The fourth-order valence-corrected chi connectivity index (χ4v) is 4.58. The number of nitrogens with zero attached hydrogens (tertiary/aromatic N) is 3. The van der Waals surface area contributed by atoms with Crippen molar-refractivity contribution in [3.8, 4) is 5.69 Å². The Morgan fingerprint density at radius 3 is 2.59 bits per heavy atom. The number of amides is 1. The molecule has 2 fully saturated rings. The van der Waals surface area contributed by atoms with Crippen molar-refractivity contribution in [1.29, 1.82) is 0 Å². The molecule has 2 aliphatic heterocycles. The summed E-state index contributed by atoms with van der Waals surface area (Å²) in [7, 11) is 0. The minimum absolute atomic E-state index is 0.146. The molecule has 3 heterocycles. The second kappa shape index (κ2) is 7.62. The molecular weight excluding hydrogens is 404 g/mol. The summed E-state index contributed by atoms with van der Waals surface area (Å²) >= 11 is 6.35. The number of fused-ring (bicyclic) bond motifs is 1. The molecule has 0 spiro atoms. The van der Waals surface area contributed by atoms with Crippen LogP contribution in [-0.4, -0.2) is 46.1 Å². The standard InChI is InChI=1S/C21H18N4O2S2/c26-20-19(29-21(28)23-20)12-14-1-6-17-18(11-14)25(13-22-17)16-4-2-15(3-5-16)24-7-9-27-10-8-24/h1-6,11-13H,7-10H2,(H,23,26,28). The molecule has 0 atom stereocenters. The minimum atomic E-state index is -0.146. The van der Waals surface area contributed by atoms with Gasteiger partial charge in [0.05, 0.1) is 29.2 Å². The molecule has 0 aliphatic carbocycles. The number of aromatic nitrogens is 2. The molecule has 0 unspecified atom stereocenters. The number of rotatable bonds is 3. The second-order valence-corrected chi connectivity index (χ2v) is 8.55. The van der Waals surface area contributed by atoms with E-state index < -0.39 is 0 Å². The number of anilines is 1. The quantitative estimate of drug-likeness (QED) is 0.516.